The van der Waals surface area contributed by atoms with E-state index in [9.17, 15) is 8.78 Å². The third-order valence-corrected chi connectivity index (χ3v) is 3.18. The summed E-state index contributed by atoms with van der Waals surface area (Å²) in [5.74, 6) is -1.03. The summed E-state index contributed by atoms with van der Waals surface area (Å²) in [4.78, 5) is 0. The number of hydrogen-bond acceptors (Lipinski definition) is 4. The summed E-state index contributed by atoms with van der Waals surface area (Å²) >= 11 is 0. The number of rotatable bonds is 2. The first kappa shape index (κ1) is 13.2. The monoisotopic (exact) mass is 287 g/mol. The lowest BCUT2D eigenvalue weighted by Crippen LogP contribution is -2.03. The van der Waals surface area contributed by atoms with E-state index >= 15 is 0 Å². The number of anilines is 1. The molecule has 0 atom stereocenters. The van der Waals surface area contributed by atoms with Gasteiger partial charge in [-0.15, -0.1) is 5.10 Å². The topological polar surface area (TPSA) is 69.6 Å². The van der Waals surface area contributed by atoms with Gasteiger partial charge in [-0.05, 0) is 41.1 Å². The van der Waals surface area contributed by atoms with Crippen molar-refractivity contribution in [2.75, 3.05) is 5.73 Å². The Labute approximate surface area is 119 Å². The zero-order valence-electron chi connectivity index (χ0n) is 11.1. The Morgan fingerprint density at radius 2 is 1.81 bits per heavy atom. The summed E-state index contributed by atoms with van der Waals surface area (Å²) < 4.78 is 28.0. The molecule has 5 nitrogen and oxygen atoms in total. The maximum absolute atomic E-state index is 13.4. The van der Waals surface area contributed by atoms with E-state index in [1.165, 1.54) is 4.68 Å². The fourth-order valence-corrected chi connectivity index (χ4v) is 2.09. The van der Waals surface area contributed by atoms with Crippen molar-refractivity contribution in [1.82, 2.24) is 20.2 Å². The molecule has 0 amide bonds. The number of benzene rings is 2. The Balaban J connectivity index is 2.19. The molecule has 1 heterocycles. The minimum absolute atomic E-state index is 0.203. The number of tetrazole rings is 1. The minimum atomic E-state index is -0.698. The highest BCUT2D eigenvalue weighted by molar-refractivity contribution is 5.68. The highest BCUT2D eigenvalue weighted by Gasteiger charge is 2.15. The number of aromatic nitrogens is 4. The molecule has 1 aromatic heterocycles. The van der Waals surface area contributed by atoms with Crippen LogP contribution in [0.25, 0.3) is 17.1 Å². The Morgan fingerprint density at radius 3 is 2.52 bits per heavy atom. The van der Waals surface area contributed by atoms with Crippen LogP contribution in [0.2, 0.25) is 0 Å². The van der Waals surface area contributed by atoms with Crippen molar-refractivity contribution in [2.45, 2.75) is 6.92 Å². The lowest BCUT2D eigenvalue weighted by Gasteiger charge is -2.09. The molecule has 106 valence electrons. The Hall–Kier alpha value is -2.83. The molecular formula is C14H11F2N5. The molecule has 2 N–H and O–H groups in total. The molecule has 0 saturated heterocycles. The van der Waals surface area contributed by atoms with Crippen LogP contribution in [0.5, 0.6) is 0 Å². The third kappa shape index (κ3) is 2.33. The standard InChI is InChI=1S/C14H11F2N5/c1-8-12(3-2-4-13(8)17)14-18-19-20-21(14)11-6-9(15)5-10(16)7-11/h2-7H,17H2,1H3. The first-order valence-corrected chi connectivity index (χ1v) is 6.16. The van der Waals surface area contributed by atoms with Crippen molar-refractivity contribution in [3.63, 3.8) is 0 Å². The van der Waals surface area contributed by atoms with E-state index in [-0.39, 0.29) is 5.69 Å². The molecule has 0 radical (unpaired) electrons. The molecule has 0 saturated carbocycles. The number of nitrogen functional groups attached to an aromatic ring is 1. The second-order valence-electron chi connectivity index (χ2n) is 4.56. The van der Waals surface area contributed by atoms with Crippen molar-refractivity contribution in [3.05, 3.63) is 53.6 Å². The van der Waals surface area contributed by atoms with Crippen LogP contribution in [0.1, 0.15) is 5.56 Å². The van der Waals surface area contributed by atoms with E-state index in [1.54, 1.807) is 18.2 Å². The zero-order valence-corrected chi connectivity index (χ0v) is 11.1. The summed E-state index contributed by atoms with van der Waals surface area (Å²) in [5, 5.41) is 11.3. The quantitative estimate of drug-likeness (QED) is 0.735. The van der Waals surface area contributed by atoms with Gasteiger partial charge in [0, 0.05) is 17.3 Å². The van der Waals surface area contributed by atoms with Crippen molar-refractivity contribution >= 4 is 5.69 Å². The summed E-state index contributed by atoms with van der Waals surface area (Å²) in [5.41, 5.74) is 8.15. The van der Waals surface area contributed by atoms with Crippen molar-refractivity contribution in [2.24, 2.45) is 0 Å². The van der Waals surface area contributed by atoms with Crippen LogP contribution < -0.4 is 5.73 Å². The van der Waals surface area contributed by atoms with Crippen LogP contribution >= 0.6 is 0 Å². The number of hydrogen-bond donors (Lipinski definition) is 1. The Bertz CT molecular complexity index is 793. The zero-order chi connectivity index (χ0) is 15.0. The largest absolute Gasteiger partial charge is 0.398 e. The van der Waals surface area contributed by atoms with Gasteiger partial charge in [0.15, 0.2) is 5.82 Å². The molecule has 0 aliphatic rings. The lowest BCUT2D eigenvalue weighted by molar-refractivity contribution is 0.579. The molecule has 2 aromatic carbocycles. The van der Waals surface area contributed by atoms with Crippen molar-refractivity contribution in [1.29, 1.82) is 0 Å². The molecule has 3 aromatic rings. The van der Waals surface area contributed by atoms with E-state index in [0.717, 1.165) is 23.8 Å². The minimum Gasteiger partial charge on any atom is -0.398 e. The highest BCUT2D eigenvalue weighted by atomic mass is 19.1. The van der Waals surface area contributed by atoms with E-state index in [1.807, 2.05) is 6.92 Å². The molecule has 0 aliphatic heterocycles. The smallest absolute Gasteiger partial charge is 0.187 e. The van der Waals surface area contributed by atoms with Gasteiger partial charge < -0.3 is 5.73 Å². The van der Waals surface area contributed by atoms with Crippen LogP contribution in [-0.2, 0) is 0 Å². The maximum Gasteiger partial charge on any atom is 0.187 e. The van der Waals surface area contributed by atoms with E-state index < -0.39 is 11.6 Å². The fraction of sp³-hybridized carbons (Fsp3) is 0.0714. The Morgan fingerprint density at radius 1 is 1.10 bits per heavy atom. The normalized spacial score (nSPS) is 10.8. The first-order chi connectivity index (χ1) is 10.1. The van der Waals surface area contributed by atoms with E-state index in [0.29, 0.717) is 17.1 Å². The highest BCUT2D eigenvalue weighted by Crippen LogP contribution is 2.26. The number of nitrogens with two attached hydrogens (primary N) is 1. The summed E-state index contributed by atoms with van der Waals surface area (Å²) in [6.45, 7) is 1.83. The van der Waals surface area contributed by atoms with Crippen LogP contribution in [0.15, 0.2) is 36.4 Å². The average molecular weight is 287 g/mol. The predicted octanol–water partition coefficient (Wildman–Crippen LogP) is 2.50. The third-order valence-electron chi connectivity index (χ3n) is 3.18. The maximum atomic E-state index is 13.4. The molecule has 0 fully saturated rings. The molecular weight excluding hydrogens is 276 g/mol. The number of halogens is 2. The summed E-state index contributed by atoms with van der Waals surface area (Å²) in [6.07, 6.45) is 0. The molecule has 0 bridgehead atoms. The molecule has 0 aliphatic carbocycles. The van der Waals surface area contributed by atoms with Gasteiger partial charge in [-0.2, -0.15) is 4.68 Å². The lowest BCUT2D eigenvalue weighted by atomic mass is 10.1. The second kappa shape index (κ2) is 4.93. The second-order valence-corrected chi connectivity index (χ2v) is 4.56. The van der Waals surface area contributed by atoms with Gasteiger partial charge in [-0.25, -0.2) is 8.78 Å². The van der Waals surface area contributed by atoms with Crippen molar-refractivity contribution < 1.29 is 8.78 Å². The van der Waals surface area contributed by atoms with Gasteiger partial charge in [0.05, 0.1) is 5.69 Å². The molecule has 0 unspecified atom stereocenters. The summed E-state index contributed by atoms with van der Waals surface area (Å²) in [7, 11) is 0. The van der Waals surface area contributed by atoms with Crippen LogP contribution in [0.4, 0.5) is 14.5 Å². The average Bonchev–Trinajstić information content (AvgIpc) is 2.90. The van der Waals surface area contributed by atoms with Gasteiger partial charge in [0.25, 0.3) is 0 Å². The van der Waals surface area contributed by atoms with Gasteiger partial charge >= 0.3 is 0 Å². The van der Waals surface area contributed by atoms with Crippen molar-refractivity contribution in [3.8, 4) is 17.1 Å². The number of nitrogens with zero attached hydrogens (tertiary/aromatic N) is 4. The summed E-state index contributed by atoms with van der Waals surface area (Å²) in [6, 6.07) is 8.43. The molecule has 21 heavy (non-hydrogen) atoms. The van der Waals surface area contributed by atoms with E-state index in [4.69, 9.17) is 5.73 Å². The van der Waals surface area contributed by atoms with Gasteiger partial charge in [0.2, 0.25) is 0 Å². The van der Waals surface area contributed by atoms with Crippen LogP contribution in [0, 0.1) is 18.6 Å². The predicted molar refractivity (Wildman–Crippen MR) is 73.7 cm³/mol. The SMILES string of the molecule is Cc1c(N)cccc1-c1nnnn1-c1cc(F)cc(F)c1. The first-order valence-electron chi connectivity index (χ1n) is 6.16. The van der Waals surface area contributed by atoms with Crippen LogP contribution in [0.3, 0.4) is 0 Å². The molecule has 0 spiro atoms. The van der Waals surface area contributed by atoms with Crippen LogP contribution in [-0.4, -0.2) is 20.2 Å². The Kier molecular flexibility index (Phi) is 3.09. The van der Waals surface area contributed by atoms with E-state index in [2.05, 4.69) is 15.5 Å². The fourth-order valence-electron chi connectivity index (χ4n) is 2.09. The van der Waals surface area contributed by atoms with Gasteiger partial charge in [-0.3, -0.25) is 0 Å². The van der Waals surface area contributed by atoms with Gasteiger partial charge in [-0.1, -0.05) is 12.1 Å². The molecule has 3 rings (SSSR count). The van der Waals surface area contributed by atoms with Gasteiger partial charge in [0.1, 0.15) is 11.6 Å². The molecule has 7 heteroatoms.